The lowest BCUT2D eigenvalue weighted by molar-refractivity contribution is -0.128. The Labute approximate surface area is 185 Å². The van der Waals surface area contributed by atoms with Crippen LogP contribution in [0.3, 0.4) is 0 Å². The lowest BCUT2D eigenvalue weighted by Crippen LogP contribution is -2.51. The molecule has 3 heterocycles. The topological polar surface area (TPSA) is 82.4 Å². The summed E-state index contributed by atoms with van der Waals surface area (Å²) < 4.78 is 15.6. The quantitative estimate of drug-likeness (QED) is 0.618. The second-order valence-corrected chi connectivity index (χ2v) is 8.96. The van der Waals surface area contributed by atoms with Gasteiger partial charge in [0.1, 0.15) is 5.82 Å². The number of benzene rings is 2. The van der Waals surface area contributed by atoms with Gasteiger partial charge in [-0.05, 0) is 48.4 Å². The molecule has 0 radical (unpaired) electrons. The number of fused-ring (bicyclic) bond motifs is 4. The second kappa shape index (κ2) is 7.97. The Morgan fingerprint density at radius 2 is 1.97 bits per heavy atom. The van der Waals surface area contributed by atoms with Gasteiger partial charge < -0.3 is 20.5 Å². The van der Waals surface area contributed by atoms with Crippen LogP contribution < -0.4 is 10.6 Å². The second-order valence-electron chi connectivity index (χ2n) is 8.96. The molecule has 1 aromatic heterocycles. The van der Waals surface area contributed by atoms with E-state index in [1.165, 1.54) is 12.1 Å². The summed E-state index contributed by atoms with van der Waals surface area (Å²) in [7, 11) is 0. The number of likely N-dealkylation sites (tertiary alicyclic amines) is 1. The summed E-state index contributed by atoms with van der Waals surface area (Å²) in [5, 5.41) is 1.72. The van der Waals surface area contributed by atoms with Crippen molar-refractivity contribution >= 4 is 39.3 Å². The number of primary amides is 1. The Bertz CT molecular complexity index is 1230. The van der Waals surface area contributed by atoms with Crippen LogP contribution >= 0.6 is 0 Å². The summed E-state index contributed by atoms with van der Waals surface area (Å²) in [5.74, 6) is -0.0532. The van der Waals surface area contributed by atoms with Crippen LogP contribution in [0.2, 0.25) is 0 Å². The van der Waals surface area contributed by atoms with Gasteiger partial charge in [0.2, 0.25) is 11.8 Å². The van der Waals surface area contributed by atoms with E-state index in [1.807, 2.05) is 29.2 Å². The van der Waals surface area contributed by atoms with Crippen LogP contribution in [0.4, 0.5) is 10.1 Å². The number of aromatic nitrogens is 1. The summed E-state index contributed by atoms with van der Waals surface area (Å²) >= 11 is 0. The SMILES string of the molecule is C=CC(=O)N1CCC2CCN(c3c(F)cc(CC(N)=O)c4[nH]c5ccccc5c34)CC2C1. The van der Waals surface area contributed by atoms with Crippen molar-refractivity contribution in [2.24, 2.45) is 17.6 Å². The van der Waals surface area contributed by atoms with Gasteiger partial charge in [0.15, 0.2) is 0 Å². The lowest BCUT2D eigenvalue weighted by atomic mass is 9.79. The minimum Gasteiger partial charge on any atom is -0.369 e. The monoisotopic (exact) mass is 434 g/mol. The Morgan fingerprint density at radius 3 is 2.75 bits per heavy atom. The summed E-state index contributed by atoms with van der Waals surface area (Å²) in [4.78, 5) is 31.1. The van der Waals surface area contributed by atoms with Crippen molar-refractivity contribution in [3.05, 3.63) is 54.4 Å². The number of nitrogens with one attached hydrogen (secondary N) is 1. The van der Waals surface area contributed by atoms with E-state index in [2.05, 4.69) is 16.5 Å². The zero-order valence-corrected chi connectivity index (χ0v) is 17.9. The number of carbonyl (C=O) groups is 2. The Morgan fingerprint density at radius 1 is 1.19 bits per heavy atom. The number of para-hydroxylation sites is 1. The standard InChI is InChI=1S/C25H27FN4O2/c1-2-22(32)29-9-7-15-8-10-30(14-17(15)13-29)25-19(26)11-16(12-21(27)31)24-23(25)18-5-3-4-6-20(18)28-24/h2-6,11,15,17,28H,1,7-10,12-14H2,(H2,27,31). The normalized spacial score (nSPS) is 21.0. The first-order chi connectivity index (χ1) is 15.5. The van der Waals surface area contributed by atoms with Gasteiger partial charge in [-0.2, -0.15) is 0 Å². The number of nitrogens with two attached hydrogens (primary N) is 1. The van der Waals surface area contributed by atoms with E-state index >= 15 is 4.39 Å². The van der Waals surface area contributed by atoms with E-state index in [9.17, 15) is 9.59 Å². The summed E-state index contributed by atoms with van der Waals surface area (Å²) in [5.41, 5.74) is 8.23. The number of hydrogen-bond acceptors (Lipinski definition) is 3. The number of anilines is 1. The fourth-order valence-electron chi connectivity index (χ4n) is 5.57. The van der Waals surface area contributed by atoms with E-state index in [1.54, 1.807) is 0 Å². The number of piperidine rings is 2. The van der Waals surface area contributed by atoms with Crippen molar-refractivity contribution in [3.8, 4) is 0 Å². The van der Waals surface area contributed by atoms with Gasteiger partial charge in [-0.3, -0.25) is 9.59 Å². The van der Waals surface area contributed by atoms with Gasteiger partial charge >= 0.3 is 0 Å². The van der Waals surface area contributed by atoms with Gasteiger partial charge in [0, 0.05) is 42.5 Å². The van der Waals surface area contributed by atoms with Gasteiger partial charge in [-0.15, -0.1) is 0 Å². The van der Waals surface area contributed by atoms with Crippen LogP contribution in [0.5, 0.6) is 0 Å². The summed E-state index contributed by atoms with van der Waals surface area (Å²) in [6, 6.07) is 9.24. The number of aromatic amines is 1. The Balaban J connectivity index is 1.58. The molecule has 2 unspecified atom stereocenters. The molecule has 5 rings (SSSR count). The third-order valence-electron chi connectivity index (χ3n) is 7.07. The maximum Gasteiger partial charge on any atom is 0.245 e. The maximum absolute atomic E-state index is 15.6. The van der Waals surface area contributed by atoms with Gasteiger partial charge in [0.25, 0.3) is 0 Å². The molecule has 2 aromatic carbocycles. The number of amides is 2. The zero-order chi connectivity index (χ0) is 22.4. The minimum atomic E-state index is -0.493. The molecule has 0 spiro atoms. The summed E-state index contributed by atoms with van der Waals surface area (Å²) in [6.07, 6.45) is 3.28. The Hall–Kier alpha value is -3.35. The van der Waals surface area contributed by atoms with Gasteiger partial charge in [0.05, 0.1) is 17.6 Å². The molecular formula is C25H27FN4O2. The van der Waals surface area contributed by atoms with Crippen molar-refractivity contribution in [2.45, 2.75) is 19.3 Å². The van der Waals surface area contributed by atoms with E-state index in [0.717, 1.165) is 47.7 Å². The van der Waals surface area contributed by atoms with E-state index in [-0.39, 0.29) is 24.1 Å². The fraction of sp³-hybridized carbons (Fsp3) is 0.360. The van der Waals surface area contributed by atoms with Crippen molar-refractivity contribution in [1.29, 1.82) is 0 Å². The van der Waals surface area contributed by atoms with Crippen molar-refractivity contribution in [2.75, 3.05) is 31.1 Å². The minimum absolute atomic E-state index is 0.0240. The average Bonchev–Trinajstić information content (AvgIpc) is 3.17. The molecule has 3 aromatic rings. The molecule has 2 saturated heterocycles. The smallest absolute Gasteiger partial charge is 0.245 e. The van der Waals surface area contributed by atoms with Gasteiger partial charge in [-0.25, -0.2) is 4.39 Å². The highest BCUT2D eigenvalue weighted by molar-refractivity contribution is 6.15. The molecule has 2 aliphatic rings. The third-order valence-corrected chi connectivity index (χ3v) is 7.07. The molecule has 0 bridgehead atoms. The molecule has 2 atom stereocenters. The zero-order valence-electron chi connectivity index (χ0n) is 17.9. The predicted molar refractivity (Wildman–Crippen MR) is 124 cm³/mol. The van der Waals surface area contributed by atoms with Crippen molar-refractivity contribution in [3.63, 3.8) is 0 Å². The molecule has 6 nitrogen and oxygen atoms in total. The van der Waals surface area contributed by atoms with Crippen LogP contribution in [-0.4, -0.2) is 47.9 Å². The van der Waals surface area contributed by atoms with E-state index < -0.39 is 5.91 Å². The van der Waals surface area contributed by atoms with Crippen molar-refractivity contribution < 1.29 is 14.0 Å². The highest BCUT2D eigenvalue weighted by atomic mass is 19.1. The van der Waals surface area contributed by atoms with Crippen LogP contribution in [0.25, 0.3) is 21.8 Å². The lowest BCUT2D eigenvalue weighted by Gasteiger charge is -2.45. The van der Waals surface area contributed by atoms with Crippen molar-refractivity contribution in [1.82, 2.24) is 9.88 Å². The number of rotatable bonds is 4. The van der Waals surface area contributed by atoms with Crippen LogP contribution in [0.15, 0.2) is 43.0 Å². The first-order valence-electron chi connectivity index (χ1n) is 11.1. The molecule has 166 valence electrons. The highest BCUT2D eigenvalue weighted by Crippen LogP contribution is 2.41. The number of halogens is 1. The molecule has 2 amide bonds. The maximum atomic E-state index is 15.6. The number of hydrogen-bond donors (Lipinski definition) is 2. The molecular weight excluding hydrogens is 407 g/mol. The molecule has 32 heavy (non-hydrogen) atoms. The molecule has 3 N–H and O–H groups in total. The molecule has 0 aliphatic carbocycles. The largest absolute Gasteiger partial charge is 0.369 e. The fourth-order valence-corrected chi connectivity index (χ4v) is 5.57. The summed E-state index contributed by atoms with van der Waals surface area (Å²) in [6.45, 7) is 6.49. The number of carbonyl (C=O) groups excluding carboxylic acids is 2. The molecule has 2 aliphatic heterocycles. The number of nitrogens with zero attached hydrogens (tertiary/aromatic N) is 2. The third kappa shape index (κ3) is 3.42. The average molecular weight is 435 g/mol. The number of H-pyrrole nitrogens is 1. The highest BCUT2D eigenvalue weighted by Gasteiger charge is 2.36. The first-order valence-corrected chi connectivity index (χ1v) is 11.1. The van der Waals surface area contributed by atoms with E-state index in [4.69, 9.17) is 5.73 Å². The van der Waals surface area contributed by atoms with Crippen LogP contribution in [-0.2, 0) is 16.0 Å². The molecule has 0 saturated carbocycles. The van der Waals surface area contributed by atoms with Crippen LogP contribution in [0, 0.1) is 17.7 Å². The van der Waals surface area contributed by atoms with Gasteiger partial charge in [-0.1, -0.05) is 24.8 Å². The predicted octanol–water partition coefficient (Wildman–Crippen LogP) is 3.35. The Kier molecular flexibility index (Phi) is 5.12. The molecule has 7 heteroatoms. The molecule has 2 fully saturated rings. The first kappa shape index (κ1) is 20.5. The van der Waals surface area contributed by atoms with Crippen LogP contribution in [0.1, 0.15) is 18.4 Å². The van der Waals surface area contributed by atoms with E-state index in [0.29, 0.717) is 30.3 Å².